The van der Waals surface area contributed by atoms with Gasteiger partial charge in [-0.15, -0.1) is 0 Å². The Morgan fingerprint density at radius 1 is 1.00 bits per heavy atom. The smallest absolute Gasteiger partial charge is 0.335 e. The van der Waals surface area contributed by atoms with Gasteiger partial charge >= 0.3 is 5.97 Å². The van der Waals surface area contributed by atoms with Gasteiger partial charge in [0.1, 0.15) is 19.0 Å². The Hall–Kier alpha value is -2.11. The molecule has 7 heteroatoms. The number of benzene rings is 2. The van der Waals surface area contributed by atoms with Crippen LogP contribution in [0, 0.1) is 13.8 Å². The van der Waals surface area contributed by atoms with E-state index < -0.39 is 5.97 Å². The first-order chi connectivity index (χ1) is 12.3. The lowest BCUT2D eigenvalue weighted by Crippen LogP contribution is -2.11. The minimum Gasteiger partial charge on any atom is -0.490 e. The fourth-order valence-electron chi connectivity index (χ4n) is 2.39. The largest absolute Gasteiger partial charge is 0.490 e. The van der Waals surface area contributed by atoms with Crippen molar-refractivity contribution in [2.24, 2.45) is 0 Å². The van der Waals surface area contributed by atoms with E-state index in [0.717, 1.165) is 16.1 Å². The number of aromatic carboxylic acids is 1. The maximum absolute atomic E-state index is 11.1. The topological polar surface area (TPSA) is 65.0 Å². The molecule has 140 valence electrons. The molecule has 0 aliphatic carbocycles. The molecule has 0 spiro atoms. The van der Waals surface area contributed by atoms with E-state index >= 15 is 0 Å². The second-order valence-electron chi connectivity index (χ2n) is 5.59. The van der Waals surface area contributed by atoms with Crippen LogP contribution in [0.25, 0.3) is 0 Å². The summed E-state index contributed by atoms with van der Waals surface area (Å²) < 4.78 is 16.8. The Bertz CT molecular complexity index is 782. The number of ether oxygens (including phenoxy) is 3. The summed E-state index contributed by atoms with van der Waals surface area (Å²) in [4.78, 5) is 11.1. The van der Waals surface area contributed by atoms with Gasteiger partial charge in [0.15, 0.2) is 11.5 Å². The molecule has 0 heterocycles. The first-order valence-electron chi connectivity index (χ1n) is 8.05. The first kappa shape index (κ1) is 20.2. The fourth-order valence-corrected chi connectivity index (χ4v) is 2.76. The third kappa shape index (κ3) is 4.96. The highest BCUT2D eigenvalue weighted by molar-refractivity contribution is 6.32. The predicted molar refractivity (Wildman–Crippen MR) is 101 cm³/mol. The molecular formula is C19H20Cl2O5. The van der Waals surface area contributed by atoms with Crippen LogP contribution in [0.15, 0.2) is 24.3 Å². The van der Waals surface area contributed by atoms with Gasteiger partial charge < -0.3 is 19.3 Å². The Morgan fingerprint density at radius 3 is 2.19 bits per heavy atom. The Labute approximate surface area is 162 Å². The van der Waals surface area contributed by atoms with E-state index in [1.807, 2.05) is 26.0 Å². The van der Waals surface area contributed by atoms with Gasteiger partial charge in [-0.2, -0.15) is 0 Å². The van der Waals surface area contributed by atoms with Crippen molar-refractivity contribution in [1.82, 2.24) is 0 Å². The second-order valence-corrected chi connectivity index (χ2v) is 6.38. The van der Waals surface area contributed by atoms with Crippen LogP contribution in [0.4, 0.5) is 0 Å². The summed E-state index contributed by atoms with van der Waals surface area (Å²) in [6, 6.07) is 6.43. The molecule has 26 heavy (non-hydrogen) atoms. The molecule has 0 saturated heterocycles. The Morgan fingerprint density at radius 2 is 1.62 bits per heavy atom. The zero-order chi connectivity index (χ0) is 19.3. The summed E-state index contributed by atoms with van der Waals surface area (Å²) in [5.74, 6) is 0.197. The number of aryl methyl sites for hydroxylation is 2. The van der Waals surface area contributed by atoms with Gasteiger partial charge in [-0.05, 0) is 56.2 Å². The lowest BCUT2D eigenvalue weighted by Gasteiger charge is -2.15. The van der Waals surface area contributed by atoms with Crippen molar-refractivity contribution in [2.45, 2.75) is 20.8 Å². The number of carbonyl (C=O) groups is 1. The van der Waals surface area contributed by atoms with Crippen molar-refractivity contribution < 1.29 is 24.1 Å². The van der Waals surface area contributed by atoms with Gasteiger partial charge in [0.2, 0.25) is 0 Å². The number of halogens is 2. The highest BCUT2D eigenvalue weighted by atomic mass is 35.5. The molecule has 0 aliphatic rings. The first-order valence-corrected chi connectivity index (χ1v) is 8.81. The summed E-state index contributed by atoms with van der Waals surface area (Å²) in [5, 5.41) is 10.0. The molecule has 5 nitrogen and oxygen atoms in total. The minimum absolute atomic E-state index is 0.0363. The van der Waals surface area contributed by atoms with Crippen LogP contribution in [-0.4, -0.2) is 30.9 Å². The van der Waals surface area contributed by atoms with Gasteiger partial charge in [-0.3, -0.25) is 0 Å². The molecule has 0 radical (unpaired) electrons. The molecule has 0 fully saturated rings. The zero-order valence-corrected chi connectivity index (χ0v) is 16.3. The molecule has 2 aromatic rings. The normalized spacial score (nSPS) is 10.5. The fraction of sp³-hybridized carbons (Fsp3) is 0.316. The van der Waals surface area contributed by atoms with Crippen LogP contribution >= 0.6 is 23.2 Å². The third-order valence-electron chi connectivity index (χ3n) is 3.56. The Kier molecular flexibility index (Phi) is 7.00. The second kappa shape index (κ2) is 9.01. The zero-order valence-electron chi connectivity index (χ0n) is 14.8. The molecule has 2 rings (SSSR count). The van der Waals surface area contributed by atoms with E-state index in [0.29, 0.717) is 18.1 Å². The highest BCUT2D eigenvalue weighted by Crippen LogP contribution is 2.36. The lowest BCUT2D eigenvalue weighted by molar-refractivity contribution is 0.0696. The average molecular weight is 399 g/mol. The van der Waals surface area contributed by atoms with Crippen molar-refractivity contribution in [3.8, 4) is 17.2 Å². The van der Waals surface area contributed by atoms with Crippen molar-refractivity contribution in [3.05, 3.63) is 51.0 Å². The average Bonchev–Trinajstić information content (AvgIpc) is 2.58. The molecule has 0 bridgehead atoms. The predicted octanol–water partition coefficient (Wildman–Crippen LogP) is 5.16. The maximum Gasteiger partial charge on any atom is 0.335 e. The van der Waals surface area contributed by atoms with Crippen LogP contribution in [0.5, 0.6) is 17.2 Å². The van der Waals surface area contributed by atoms with E-state index in [-0.39, 0.29) is 29.5 Å². The van der Waals surface area contributed by atoms with Crippen molar-refractivity contribution >= 4 is 29.2 Å². The maximum atomic E-state index is 11.1. The number of hydrogen-bond acceptors (Lipinski definition) is 4. The molecule has 0 aliphatic heterocycles. The van der Waals surface area contributed by atoms with E-state index in [4.69, 9.17) is 42.5 Å². The molecule has 0 atom stereocenters. The lowest BCUT2D eigenvalue weighted by atomic mass is 10.1. The van der Waals surface area contributed by atoms with Gasteiger partial charge in [-0.25, -0.2) is 4.79 Å². The van der Waals surface area contributed by atoms with Gasteiger partial charge in [0, 0.05) is 5.02 Å². The van der Waals surface area contributed by atoms with E-state index in [1.165, 1.54) is 12.1 Å². The van der Waals surface area contributed by atoms with Crippen LogP contribution in [0.3, 0.4) is 0 Å². The standard InChI is InChI=1S/C19H20Cl2O5/c1-4-24-16-10-13(19(22)23)9-15(20)18(16)26-6-5-25-14-7-11(2)17(21)12(3)8-14/h7-10H,4-6H2,1-3H3,(H,22,23). The van der Waals surface area contributed by atoms with Gasteiger partial charge in [0.05, 0.1) is 17.2 Å². The molecule has 0 amide bonds. The number of carboxylic acid groups (broad SMARTS) is 1. The molecule has 0 unspecified atom stereocenters. The number of rotatable bonds is 8. The Balaban J connectivity index is 2.04. The molecule has 1 N–H and O–H groups in total. The minimum atomic E-state index is -1.09. The van der Waals surface area contributed by atoms with Gasteiger partial charge in [-0.1, -0.05) is 23.2 Å². The highest BCUT2D eigenvalue weighted by Gasteiger charge is 2.16. The molecule has 0 aromatic heterocycles. The molecular weight excluding hydrogens is 379 g/mol. The quantitative estimate of drug-likeness (QED) is 0.621. The van der Waals surface area contributed by atoms with E-state index in [1.54, 1.807) is 6.92 Å². The third-order valence-corrected chi connectivity index (χ3v) is 4.44. The summed E-state index contributed by atoms with van der Waals surface area (Å²) in [7, 11) is 0. The van der Waals surface area contributed by atoms with Crippen LogP contribution in [0.2, 0.25) is 10.0 Å². The van der Waals surface area contributed by atoms with Gasteiger partial charge in [0.25, 0.3) is 0 Å². The number of hydrogen-bond donors (Lipinski definition) is 1. The van der Waals surface area contributed by atoms with Crippen LogP contribution in [0.1, 0.15) is 28.4 Å². The summed E-state index contributed by atoms with van der Waals surface area (Å²) in [5.41, 5.74) is 1.91. The summed E-state index contributed by atoms with van der Waals surface area (Å²) >= 11 is 12.3. The van der Waals surface area contributed by atoms with Crippen LogP contribution in [-0.2, 0) is 0 Å². The van der Waals surface area contributed by atoms with E-state index in [9.17, 15) is 4.79 Å². The van der Waals surface area contributed by atoms with Crippen LogP contribution < -0.4 is 14.2 Å². The van der Waals surface area contributed by atoms with E-state index in [2.05, 4.69) is 0 Å². The molecule has 0 saturated carbocycles. The summed E-state index contributed by atoms with van der Waals surface area (Å²) in [6.07, 6.45) is 0. The van der Waals surface area contributed by atoms with Crippen molar-refractivity contribution in [2.75, 3.05) is 19.8 Å². The summed E-state index contributed by atoms with van der Waals surface area (Å²) in [6.45, 7) is 6.47. The number of carboxylic acids is 1. The van der Waals surface area contributed by atoms with Crippen molar-refractivity contribution in [1.29, 1.82) is 0 Å². The van der Waals surface area contributed by atoms with Crippen molar-refractivity contribution in [3.63, 3.8) is 0 Å². The SMILES string of the molecule is CCOc1cc(C(=O)O)cc(Cl)c1OCCOc1cc(C)c(Cl)c(C)c1. The molecule has 2 aromatic carbocycles. The monoisotopic (exact) mass is 398 g/mol.